The van der Waals surface area contributed by atoms with E-state index in [9.17, 15) is 5.11 Å². The van der Waals surface area contributed by atoms with Gasteiger partial charge in [-0.2, -0.15) is 0 Å². The van der Waals surface area contributed by atoms with E-state index in [4.69, 9.17) is 4.74 Å². The average molecular weight is 178 g/mol. The van der Waals surface area contributed by atoms with E-state index in [1.54, 1.807) is 0 Å². The first-order valence-corrected chi connectivity index (χ1v) is 4.75. The molecule has 1 aromatic carbocycles. The molecule has 0 saturated carbocycles. The largest absolute Gasteiger partial charge is 0.368 e. The SMILES string of the molecule is OC1CCCC(c2ccccc2)O1. The molecule has 0 bridgehead atoms. The molecule has 1 aliphatic rings. The van der Waals surface area contributed by atoms with Gasteiger partial charge in [-0.3, -0.25) is 0 Å². The maximum absolute atomic E-state index is 9.32. The van der Waals surface area contributed by atoms with Crippen molar-refractivity contribution in [1.29, 1.82) is 0 Å². The van der Waals surface area contributed by atoms with Crippen LogP contribution >= 0.6 is 0 Å². The van der Waals surface area contributed by atoms with E-state index in [0.717, 1.165) is 19.3 Å². The normalized spacial score (nSPS) is 28.7. The van der Waals surface area contributed by atoms with Crippen molar-refractivity contribution in [2.45, 2.75) is 31.7 Å². The van der Waals surface area contributed by atoms with Gasteiger partial charge < -0.3 is 9.84 Å². The molecule has 1 heterocycles. The van der Waals surface area contributed by atoms with E-state index in [0.29, 0.717) is 0 Å². The molecule has 0 aromatic heterocycles. The molecule has 2 unspecified atom stereocenters. The second-order valence-corrected chi connectivity index (χ2v) is 3.42. The summed E-state index contributed by atoms with van der Waals surface area (Å²) in [6.45, 7) is 0. The maximum Gasteiger partial charge on any atom is 0.155 e. The van der Waals surface area contributed by atoms with Crippen LogP contribution in [-0.4, -0.2) is 11.4 Å². The van der Waals surface area contributed by atoms with E-state index < -0.39 is 6.29 Å². The van der Waals surface area contributed by atoms with Crippen LogP contribution in [0.2, 0.25) is 0 Å². The van der Waals surface area contributed by atoms with Crippen molar-refractivity contribution >= 4 is 0 Å². The van der Waals surface area contributed by atoms with Gasteiger partial charge in [-0.25, -0.2) is 0 Å². The van der Waals surface area contributed by atoms with Crippen LogP contribution < -0.4 is 0 Å². The topological polar surface area (TPSA) is 29.5 Å². The number of ether oxygens (including phenoxy) is 1. The van der Waals surface area contributed by atoms with Crippen molar-refractivity contribution in [2.24, 2.45) is 0 Å². The van der Waals surface area contributed by atoms with Crippen LogP contribution in [0.5, 0.6) is 0 Å². The zero-order valence-corrected chi connectivity index (χ0v) is 7.52. The zero-order valence-electron chi connectivity index (χ0n) is 7.52. The molecule has 1 N–H and O–H groups in total. The summed E-state index contributed by atoms with van der Waals surface area (Å²) in [7, 11) is 0. The first-order valence-electron chi connectivity index (χ1n) is 4.75. The van der Waals surface area contributed by atoms with Crippen LogP contribution in [0.1, 0.15) is 30.9 Å². The highest BCUT2D eigenvalue weighted by Crippen LogP contribution is 2.29. The second kappa shape index (κ2) is 3.90. The van der Waals surface area contributed by atoms with Gasteiger partial charge in [0.05, 0.1) is 6.10 Å². The Labute approximate surface area is 78.2 Å². The fraction of sp³-hybridized carbons (Fsp3) is 0.455. The van der Waals surface area contributed by atoms with E-state index in [2.05, 4.69) is 0 Å². The minimum absolute atomic E-state index is 0.0879. The van der Waals surface area contributed by atoms with E-state index in [1.165, 1.54) is 5.56 Å². The molecule has 2 nitrogen and oxygen atoms in total. The monoisotopic (exact) mass is 178 g/mol. The quantitative estimate of drug-likeness (QED) is 0.714. The Morgan fingerprint density at radius 3 is 2.62 bits per heavy atom. The summed E-state index contributed by atoms with van der Waals surface area (Å²) in [5, 5.41) is 9.32. The molecular weight excluding hydrogens is 164 g/mol. The van der Waals surface area contributed by atoms with Crippen LogP contribution in [0, 0.1) is 0 Å². The van der Waals surface area contributed by atoms with Crippen molar-refractivity contribution in [2.75, 3.05) is 0 Å². The number of aliphatic hydroxyl groups is 1. The number of benzene rings is 1. The van der Waals surface area contributed by atoms with E-state index >= 15 is 0 Å². The van der Waals surface area contributed by atoms with E-state index in [1.807, 2.05) is 30.3 Å². The van der Waals surface area contributed by atoms with Crippen molar-refractivity contribution < 1.29 is 9.84 Å². The zero-order chi connectivity index (χ0) is 9.10. The number of hydrogen-bond donors (Lipinski definition) is 1. The molecule has 70 valence electrons. The average Bonchev–Trinajstić information content (AvgIpc) is 2.19. The summed E-state index contributed by atoms with van der Waals surface area (Å²) in [5.41, 5.74) is 1.17. The fourth-order valence-electron chi connectivity index (χ4n) is 1.72. The second-order valence-electron chi connectivity index (χ2n) is 3.42. The molecule has 2 atom stereocenters. The fourth-order valence-corrected chi connectivity index (χ4v) is 1.72. The predicted octanol–water partition coefficient (Wildman–Crippen LogP) is 2.25. The van der Waals surface area contributed by atoms with Crippen molar-refractivity contribution in [3.63, 3.8) is 0 Å². The summed E-state index contributed by atoms with van der Waals surface area (Å²) < 4.78 is 5.43. The van der Waals surface area contributed by atoms with Crippen molar-refractivity contribution in [1.82, 2.24) is 0 Å². The third-order valence-corrected chi connectivity index (χ3v) is 2.41. The lowest BCUT2D eigenvalue weighted by molar-refractivity contribution is -0.164. The molecule has 1 saturated heterocycles. The standard InChI is InChI=1S/C11H14O2/c12-11-8-4-7-10(13-11)9-5-2-1-3-6-9/h1-3,5-6,10-12H,4,7-8H2. The van der Waals surface area contributed by atoms with Gasteiger partial charge in [0.2, 0.25) is 0 Å². The van der Waals surface area contributed by atoms with Crippen molar-refractivity contribution in [3.8, 4) is 0 Å². The highest BCUT2D eigenvalue weighted by atomic mass is 16.6. The molecule has 1 aromatic rings. The first-order chi connectivity index (χ1) is 6.36. The number of rotatable bonds is 1. The third-order valence-electron chi connectivity index (χ3n) is 2.41. The smallest absolute Gasteiger partial charge is 0.155 e. The highest BCUT2D eigenvalue weighted by Gasteiger charge is 2.21. The van der Waals surface area contributed by atoms with Crippen LogP contribution in [0.4, 0.5) is 0 Å². The summed E-state index contributed by atoms with van der Waals surface area (Å²) in [6, 6.07) is 10.1. The summed E-state index contributed by atoms with van der Waals surface area (Å²) in [4.78, 5) is 0. The molecule has 1 aliphatic heterocycles. The molecule has 2 heteroatoms. The molecule has 0 radical (unpaired) electrons. The van der Waals surface area contributed by atoms with Gasteiger partial charge >= 0.3 is 0 Å². The van der Waals surface area contributed by atoms with Crippen molar-refractivity contribution in [3.05, 3.63) is 35.9 Å². The van der Waals surface area contributed by atoms with Crippen LogP contribution in [0.3, 0.4) is 0 Å². The lowest BCUT2D eigenvalue weighted by Crippen LogP contribution is -2.21. The Morgan fingerprint density at radius 1 is 1.15 bits per heavy atom. The van der Waals surface area contributed by atoms with Gasteiger partial charge in [-0.1, -0.05) is 30.3 Å². The summed E-state index contributed by atoms with van der Waals surface area (Å²) in [5.74, 6) is 0. The van der Waals surface area contributed by atoms with Gasteiger partial charge in [0.15, 0.2) is 6.29 Å². The van der Waals surface area contributed by atoms with Crippen LogP contribution in [0.25, 0.3) is 0 Å². The van der Waals surface area contributed by atoms with Gasteiger partial charge in [0.1, 0.15) is 0 Å². The lowest BCUT2D eigenvalue weighted by Gasteiger charge is -2.26. The number of hydrogen-bond acceptors (Lipinski definition) is 2. The van der Waals surface area contributed by atoms with Gasteiger partial charge in [0, 0.05) is 0 Å². The Hall–Kier alpha value is -0.860. The van der Waals surface area contributed by atoms with E-state index in [-0.39, 0.29) is 6.10 Å². The Morgan fingerprint density at radius 2 is 1.92 bits per heavy atom. The molecular formula is C11H14O2. The summed E-state index contributed by atoms with van der Waals surface area (Å²) in [6.07, 6.45) is 2.34. The molecule has 1 fully saturated rings. The molecule has 2 rings (SSSR count). The van der Waals surface area contributed by atoms with Crippen LogP contribution in [-0.2, 0) is 4.74 Å². The predicted molar refractivity (Wildman–Crippen MR) is 50.1 cm³/mol. The number of aliphatic hydroxyl groups excluding tert-OH is 1. The van der Waals surface area contributed by atoms with Gasteiger partial charge in [0.25, 0.3) is 0 Å². The minimum Gasteiger partial charge on any atom is -0.368 e. The van der Waals surface area contributed by atoms with Gasteiger partial charge in [-0.05, 0) is 24.8 Å². The first kappa shape index (κ1) is 8.73. The summed E-state index contributed by atoms with van der Waals surface area (Å²) >= 11 is 0. The molecule has 0 amide bonds. The molecule has 0 spiro atoms. The molecule has 13 heavy (non-hydrogen) atoms. The Bertz CT molecular complexity index is 258. The lowest BCUT2D eigenvalue weighted by atomic mass is 10.0. The van der Waals surface area contributed by atoms with Crippen LogP contribution in [0.15, 0.2) is 30.3 Å². The maximum atomic E-state index is 9.32. The Balaban J connectivity index is 2.08. The highest BCUT2D eigenvalue weighted by molar-refractivity contribution is 5.17. The van der Waals surface area contributed by atoms with Gasteiger partial charge in [-0.15, -0.1) is 0 Å². The third kappa shape index (κ3) is 2.08. The minimum atomic E-state index is -0.570. The Kier molecular flexibility index (Phi) is 2.62. The molecule has 0 aliphatic carbocycles.